The molecule has 43 heavy (non-hydrogen) atoms. The van der Waals surface area contributed by atoms with Gasteiger partial charge < -0.3 is 25.0 Å². The molecule has 1 aliphatic rings. The molecule has 4 aromatic rings. The Bertz CT molecular complexity index is 1540. The number of carbonyl (C=O) groups excluding carboxylic acids is 1. The van der Waals surface area contributed by atoms with E-state index in [0.717, 1.165) is 16.7 Å². The molecule has 8 heteroatoms. The molecule has 0 radical (unpaired) electrons. The average Bonchev–Trinajstić information content (AvgIpc) is 3.03. The number of carbonyl (C=O) groups is 2. The maximum Gasteiger partial charge on any atom is 0.303 e. The number of fused-ring (bicyclic) bond motifs is 1. The van der Waals surface area contributed by atoms with Crippen LogP contribution in [0.2, 0.25) is 0 Å². The van der Waals surface area contributed by atoms with Crippen LogP contribution in [-0.2, 0) is 25.7 Å². The molecule has 5 rings (SSSR count). The van der Waals surface area contributed by atoms with E-state index >= 15 is 0 Å². The number of nitrogens with one attached hydrogen (secondary N) is 1. The predicted molar refractivity (Wildman–Crippen MR) is 165 cm³/mol. The molecule has 224 valence electrons. The van der Waals surface area contributed by atoms with E-state index in [2.05, 4.69) is 66.7 Å². The van der Waals surface area contributed by atoms with Crippen LogP contribution in [0.15, 0.2) is 91.0 Å². The Hall–Kier alpha value is -4.08. The number of aliphatic carboxylic acids is 1. The van der Waals surface area contributed by atoms with Gasteiger partial charge >= 0.3 is 5.97 Å². The minimum absolute atomic E-state index is 0.0170. The number of nitrogens with zero attached hydrogens (tertiary/aromatic N) is 1. The van der Waals surface area contributed by atoms with Gasteiger partial charge in [-0.3, -0.25) is 14.5 Å². The summed E-state index contributed by atoms with van der Waals surface area (Å²) >= 11 is 0. The largest absolute Gasteiger partial charge is 0.481 e. The normalized spacial score (nSPS) is 19.3. The van der Waals surface area contributed by atoms with Gasteiger partial charge in [0.25, 0.3) is 0 Å². The van der Waals surface area contributed by atoms with Crippen LogP contribution >= 0.6 is 0 Å². The maximum absolute atomic E-state index is 12.1. The lowest BCUT2D eigenvalue weighted by molar-refractivity contribution is -0.253. The van der Waals surface area contributed by atoms with Crippen molar-refractivity contribution in [3.8, 4) is 0 Å². The number of rotatable bonds is 11. The van der Waals surface area contributed by atoms with Crippen molar-refractivity contribution >= 4 is 28.3 Å². The molecule has 0 spiro atoms. The van der Waals surface area contributed by atoms with Gasteiger partial charge in [-0.2, -0.15) is 0 Å². The zero-order valence-electron chi connectivity index (χ0n) is 24.5. The summed E-state index contributed by atoms with van der Waals surface area (Å²) in [6, 6.07) is 30.2. The van der Waals surface area contributed by atoms with E-state index in [0.29, 0.717) is 18.7 Å². The fraction of sp³-hybridized carbons (Fsp3) is 0.314. The molecule has 3 N–H and O–H groups in total. The first-order valence-electron chi connectivity index (χ1n) is 14.6. The highest BCUT2D eigenvalue weighted by Gasteiger charge is 2.33. The first-order chi connectivity index (χ1) is 20.8. The van der Waals surface area contributed by atoms with Gasteiger partial charge in [-0.1, -0.05) is 72.8 Å². The number of aliphatic hydroxyl groups excluding tert-OH is 1. The highest BCUT2D eigenvalue weighted by Crippen LogP contribution is 2.39. The Balaban J connectivity index is 1.31. The zero-order valence-corrected chi connectivity index (χ0v) is 24.5. The third-order valence-corrected chi connectivity index (χ3v) is 8.06. The molecule has 1 amide bonds. The van der Waals surface area contributed by atoms with Gasteiger partial charge in [0.1, 0.15) is 0 Å². The first kappa shape index (κ1) is 30.4. The monoisotopic (exact) mass is 582 g/mol. The van der Waals surface area contributed by atoms with Gasteiger partial charge in [0.05, 0.1) is 25.2 Å². The Labute approximate surface area is 251 Å². The molecule has 1 saturated heterocycles. The molecule has 0 bridgehead atoms. The summed E-state index contributed by atoms with van der Waals surface area (Å²) in [5.41, 5.74) is 4.49. The van der Waals surface area contributed by atoms with E-state index in [-0.39, 0.29) is 43.6 Å². The number of hydrogen-bond acceptors (Lipinski definition) is 6. The highest BCUT2D eigenvalue weighted by molar-refractivity contribution is 5.92. The quantitative estimate of drug-likeness (QED) is 0.188. The molecule has 1 aliphatic heterocycles. The van der Waals surface area contributed by atoms with Crippen molar-refractivity contribution in [1.29, 1.82) is 0 Å². The van der Waals surface area contributed by atoms with Gasteiger partial charge in [0.15, 0.2) is 6.29 Å². The van der Waals surface area contributed by atoms with Crippen LogP contribution < -0.4 is 5.32 Å². The summed E-state index contributed by atoms with van der Waals surface area (Å²) in [6.07, 6.45) is -0.594. The van der Waals surface area contributed by atoms with Crippen molar-refractivity contribution < 1.29 is 29.3 Å². The number of amides is 1. The van der Waals surface area contributed by atoms with Crippen LogP contribution in [0.3, 0.4) is 0 Å². The van der Waals surface area contributed by atoms with Crippen LogP contribution in [0, 0.1) is 0 Å². The fourth-order valence-corrected chi connectivity index (χ4v) is 5.40. The van der Waals surface area contributed by atoms with Crippen LogP contribution in [-0.4, -0.2) is 46.7 Å². The van der Waals surface area contributed by atoms with Crippen LogP contribution in [0.25, 0.3) is 10.8 Å². The minimum atomic E-state index is -1.01. The number of anilines is 1. The topological polar surface area (TPSA) is 108 Å². The van der Waals surface area contributed by atoms with Gasteiger partial charge in [-0.05, 0) is 59.6 Å². The Morgan fingerprint density at radius 1 is 0.907 bits per heavy atom. The lowest BCUT2D eigenvalue weighted by Gasteiger charge is -2.39. The number of hydrogen-bond donors (Lipinski definition) is 3. The van der Waals surface area contributed by atoms with Crippen LogP contribution in [0.5, 0.6) is 0 Å². The highest BCUT2D eigenvalue weighted by atomic mass is 16.7. The number of aliphatic hydroxyl groups is 1. The number of carboxylic acid groups (broad SMARTS) is 1. The molecule has 0 aliphatic carbocycles. The van der Waals surface area contributed by atoms with E-state index < -0.39 is 12.3 Å². The molecule has 8 nitrogen and oxygen atoms in total. The van der Waals surface area contributed by atoms with Crippen molar-refractivity contribution in [2.75, 3.05) is 18.9 Å². The molecule has 4 atom stereocenters. The number of ether oxygens (including phenoxy) is 2. The Morgan fingerprint density at radius 3 is 2.30 bits per heavy atom. The lowest BCUT2D eigenvalue weighted by Crippen LogP contribution is -2.38. The molecular weight excluding hydrogens is 544 g/mol. The molecule has 4 aromatic carbocycles. The van der Waals surface area contributed by atoms with E-state index in [4.69, 9.17) is 14.6 Å². The summed E-state index contributed by atoms with van der Waals surface area (Å²) in [7, 11) is 2.11. The first-order valence-corrected chi connectivity index (χ1v) is 14.6. The number of carboxylic acids is 1. The lowest BCUT2D eigenvalue weighted by atomic mass is 9.98. The van der Waals surface area contributed by atoms with E-state index in [9.17, 15) is 14.7 Å². The van der Waals surface area contributed by atoms with Crippen molar-refractivity contribution in [2.24, 2.45) is 0 Å². The summed E-state index contributed by atoms with van der Waals surface area (Å²) in [6.45, 7) is 2.88. The van der Waals surface area contributed by atoms with Gasteiger partial charge in [0, 0.05) is 36.7 Å². The molecule has 1 fully saturated rings. The van der Waals surface area contributed by atoms with Gasteiger partial charge in [0.2, 0.25) is 5.91 Å². The minimum Gasteiger partial charge on any atom is -0.481 e. The summed E-state index contributed by atoms with van der Waals surface area (Å²) in [4.78, 5) is 25.1. The van der Waals surface area contributed by atoms with Crippen molar-refractivity contribution in [3.63, 3.8) is 0 Å². The second kappa shape index (κ2) is 13.9. The maximum atomic E-state index is 12.1. The second-order valence-corrected chi connectivity index (χ2v) is 11.1. The van der Waals surface area contributed by atoms with Crippen molar-refractivity contribution in [2.45, 2.75) is 57.3 Å². The molecule has 0 saturated carbocycles. The Morgan fingerprint density at radius 2 is 1.60 bits per heavy atom. The smallest absolute Gasteiger partial charge is 0.303 e. The standard InChI is InChI=1S/C35H38N2O6/c1-23(28-12-11-25-5-3-4-6-29(25)19-28)37(2)21-31-20-32(26-9-7-24(22-38)8-10-26)43-35(42-31)27-13-15-30(16-14-27)36-33(39)17-18-34(40)41/h3-16,19,23,31-32,35,38H,17-18,20-22H2,1-2H3,(H,36,39)(H,40,41)/t23-,31+,32-,35-/m1/s1. The SMILES string of the molecule is C[C@H](c1ccc2ccccc2c1)N(C)C[C@@H]1C[C@H](c2ccc(CO)cc2)O[C@H](c2ccc(NC(=O)CCC(=O)O)cc2)O1. The van der Waals surface area contributed by atoms with Crippen molar-refractivity contribution in [1.82, 2.24) is 4.90 Å². The molecule has 0 unspecified atom stereocenters. The summed E-state index contributed by atoms with van der Waals surface area (Å²) < 4.78 is 13.0. The molecule has 1 heterocycles. The molecular formula is C35H38N2O6. The van der Waals surface area contributed by atoms with Gasteiger partial charge in [-0.15, -0.1) is 0 Å². The Kier molecular flexibility index (Phi) is 9.84. The van der Waals surface area contributed by atoms with Crippen LogP contribution in [0.4, 0.5) is 5.69 Å². The van der Waals surface area contributed by atoms with Crippen LogP contribution in [0.1, 0.15) is 66.9 Å². The van der Waals surface area contributed by atoms with E-state index in [1.807, 2.05) is 36.4 Å². The third-order valence-electron chi connectivity index (χ3n) is 8.06. The van der Waals surface area contributed by atoms with Crippen molar-refractivity contribution in [3.05, 3.63) is 113 Å². The summed E-state index contributed by atoms with van der Waals surface area (Å²) in [5.74, 6) is -1.36. The third kappa shape index (κ3) is 7.86. The zero-order chi connectivity index (χ0) is 30.3. The average molecular weight is 583 g/mol. The van der Waals surface area contributed by atoms with E-state index in [1.165, 1.54) is 16.3 Å². The molecule has 0 aromatic heterocycles. The summed E-state index contributed by atoms with van der Waals surface area (Å²) in [5, 5.41) is 23.5. The van der Waals surface area contributed by atoms with Gasteiger partial charge in [-0.25, -0.2) is 0 Å². The number of likely N-dealkylation sites (N-methyl/N-ethyl adjacent to an activating group) is 1. The fourth-order valence-electron chi connectivity index (χ4n) is 5.40. The number of benzene rings is 4. The predicted octanol–water partition coefficient (Wildman–Crippen LogP) is 6.37. The second-order valence-electron chi connectivity index (χ2n) is 11.1. The van der Waals surface area contributed by atoms with E-state index in [1.54, 1.807) is 12.1 Å².